The van der Waals surface area contributed by atoms with Gasteiger partial charge in [0.1, 0.15) is 6.54 Å². The molecular weight excluding hydrogens is 327 g/mol. The van der Waals surface area contributed by atoms with Crippen LogP contribution in [-0.2, 0) is 14.3 Å². The second kappa shape index (κ2) is 9.83. The zero-order valence-electron chi connectivity index (χ0n) is 14.2. The van der Waals surface area contributed by atoms with Crippen LogP contribution in [0.3, 0.4) is 0 Å². The van der Waals surface area contributed by atoms with Gasteiger partial charge in [-0.25, -0.2) is 0 Å². The number of alkyl halides is 3. The summed E-state index contributed by atoms with van der Waals surface area (Å²) in [6, 6.07) is 0. The normalized spacial score (nSPS) is 18.5. The van der Waals surface area contributed by atoms with Gasteiger partial charge >= 0.3 is 6.18 Å². The second-order valence-electron chi connectivity index (χ2n) is 5.82. The average molecular weight is 353 g/mol. The molecule has 0 aromatic carbocycles. The first kappa shape index (κ1) is 20.7. The highest BCUT2D eigenvalue weighted by Gasteiger charge is 2.36. The van der Waals surface area contributed by atoms with Crippen LogP contribution in [0.15, 0.2) is 0 Å². The fourth-order valence-electron chi connectivity index (χ4n) is 2.71. The van der Waals surface area contributed by atoms with E-state index in [1.807, 2.05) is 0 Å². The standard InChI is InChI=1S/C15H26F3N3O3/c1-3-20(11-15(16,17)18)14(23)12-5-4-7-21(10-12)13(22)9-19-6-8-24-2/h12,19H,3-11H2,1-2H3. The fourth-order valence-corrected chi connectivity index (χ4v) is 2.71. The molecule has 1 heterocycles. The number of piperidine rings is 1. The van der Waals surface area contributed by atoms with Gasteiger partial charge in [0.15, 0.2) is 0 Å². The molecular formula is C15H26F3N3O3. The van der Waals surface area contributed by atoms with Crippen LogP contribution in [0.2, 0.25) is 0 Å². The van der Waals surface area contributed by atoms with Crippen molar-refractivity contribution in [2.45, 2.75) is 25.9 Å². The Balaban J connectivity index is 2.54. The number of halogens is 3. The van der Waals surface area contributed by atoms with Crippen LogP contribution in [-0.4, -0.2) is 80.8 Å². The van der Waals surface area contributed by atoms with Crippen molar-refractivity contribution in [3.05, 3.63) is 0 Å². The lowest BCUT2D eigenvalue weighted by molar-refractivity contribution is -0.164. The summed E-state index contributed by atoms with van der Waals surface area (Å²) in [6.45, 7) is 2.13. The zero-order chi connectivity index (χ0) is 18.2. The van der Waals surface area contributed by atoms with Crippen LogP contribution in [0, 0.1) is 5.92 Å². The summed E-state index contributed by atoms with van der Waals surface area (Å²) in [6.07, 6.45) is -3.29. The van der Waals surface area contributed by atoms with Crippen LogP contribution < -0.4 is 5.32 Å². The minimum Gasteiger partial charge on any atom is -0.383 e. The molecule has 1 fully saturated rings. The molecule has 1 rings (SSSR count). The summed E-state index contributed by atoms with van der Waals surface area (Å²) in [5, 5.41) is 2.93. The van der Waals surface area contributed by atoms with Crippen molar-refractivity contribution in [2.75, 3.05) is 53.0 Å². The summed E-state index contributed by atoms with van der Waals surface area (Å²) in [4.78, 5) is 26.8. The maximum atomic E-state index is 12.6. The first-order valence-electron chi connectivity index (χ1n) is 8.11. The van der Waals surface area contributed by atoms with Crippen molar-refractivity contribution in [1.82, 2.24) is 15.1 Å². The second-order valence-corrected chi connectivity index (χ2v) is 5.82. The Morgan fingerprint density at radius 1 is 1.38 bits per heavy atom. The quantitative estimate of drug-likeness (QED) is 0.658. The molecule has 1 saturated heterocycles. The first-order valence-corrected chi connectivity index (χ1v) is 8.11. The minimum atomic E-state index is -4.42. The lowest BCUT2D eigenvalue weighted by Gasteiger charge is -2.35. The summed E-state index contributed by atoms with van der Waals surface area (Å²) in [7, 11) is 1.56. The Hall–Kier alpha value is -1.35. The molecule has 1 unspecified atom stereocenters. The Kier molecular flexibility index (Phi) is 8.47. The van der Waals surface area contributed by atoms with Crippen LogP contribution in [0.4, 0.5) is 13.2 Å². The molecule has 1 aliphatic rings. The van der Waals surface area contributed by atoms with Crippen LogP contribution in [0.25, 0.3) is 0 Å². The number of amides is 2. The molecule has 24 heavy (non-hydrogen) atoms. The smallest absolute Gasteiger partial charge is 0.383 e. The molecule has 0 aromatic rings. The van der Waals surface area contributed by atoms with Gasteiger partial charge in [-0.1, -0.05) is 0 Å². The highest BCUT2D eigenvalue weighted by Crippen LogP contribution is 2.22. The van der Waals surface area contributed by atoms with Crippen LogP contribution in [0.5, 0.6) is 0 Å². The highest BCUT2D eigenvalue weighted by atomic mass is 19.4. The number of ether oxygens (including phenoxy) is 1. The molecule has 1 atom stereocenters. The van der Waals surface area contributed by atoms with Gasteiger partial charge in [0, 0.05) is 33.3 Å². The Morgan fingerprint density at radius 2 is 2.08 bits per heavy atom. The van der Waals surface area contributed by atoms with Gasteiger partial charge in [-0.3, -0.25) is 9.59 Å². The summed E-state index contributed by atoms with van der Waals surface area (Å²) in [5.74, 6) is -1.24. The molecule has 1 aliphatic heterocycles. The third-order valence-electron chi connectivity index (χ3n) is 3.95. The van der Waals surface area contributed by atoms with E-state index >= 15 is 0 Å². The minimum absolute atomic E-state index is 0.00135. The Bertz CT molecular complexity index is 419. The first-order chi connectivity index (χ1) is 11.3. The largest absolute Gasteiger partial charge is 0.406 e. The topological polar surface area (TPSA) is 61.9 Å². The summed E-state index contributed by atoms with van der Waals surface area (Å²) in [5.41, 5.74) is 0. The van der Waals surface area contributed by atoms with E-state index in [1.54, 1.807) is 12.0 Å². The monoisotopic (exact) mass is 353 g/mol. The van der Waals surface area contributed by atoms with Crippen molar-refractivity contribution < 1.29 is 27.5 Å². The van der Waals surface area contributed by atoms with E-state index in [0.29, 0.717) is 32.5 Å². The molecule has 140 valence electrons. The third kappa shape index (κ3) is 7.04. The number of nitrogens with zero attached hydrogens (tertiary/aromatic N) is 2. The predicted octanol–water partition coefficient (Wildman–Crippen LogP) is 0.872. The van der Waals surface area contributed by atoms with E-state index in [9.17, 15) is 22.8 Å². The molecule has 0 saturated carbocycles. The molecule has 0 aromatic heterocycles. The Morgan fingerprint density at radius 3 is 2.67 bits per heavy atom. The number of likely N-dealkylation sites (tertiary alicyclic amines) is 1. The van der Waals surface area contributed by atoms with E-state index in [4.69, 9.17) is 4.74 Å². The van der Waals surface area contributed by atoms with Gasteiger partial charge in [0.2, 0.25) is 11.8 Å². The molecule has 0 aliphatic carbocycles. The van der Waals surface area contributed by atoms with Crippen molar-refractivity contribution in [3.8, 4) is 0 Å². The number of carbonyl (C=O) groups excluding carboxylic acids is 2. The van der Waals surface area contributed by atoms with Crippen molar-refractivity contribution in [2.24, 2.45) is 5.92 Å². The van der Waals surface area contributed by atoms with E-state index in [0.717, 1.165) is 4.90 Å². The van der Waals surface area contributed by atoms with Crippen LogP contribution in [0.1, 0.15) is 19.8 Å². The van der Waals surface area contributed by atoms with Crippen molar-refractivity contribution in [1.29, 1.82) is 0 Å². The molecule has 0 radical (unpaired) electrons. The predicted molar refractivity (Wildman–Crippen MR) is 82.4 cm³/mol. The van der Waals surface area contributed by atoms with Gasteiger partial charge in [0.25, 0.3) is 0 Å². The molecule has 9 heteroatoms. The number of nitrogens with one attached hydrogen (secondary N) is 1. The fraction of sp³-hybridized carbons (Fsp3) is 0.867. The van der Waals surface area contributed by atoms with Crippen molar-refractivity contribution in [3.63, 3.8) is 0 Å². The molecule has 0 bridgehead atoms. The zero-order valence-corrected chi connectivity index (χ0v) is 14.2. The molecule has 0 spiro atoms. The average Bonchev–Trinajstić information content (AvgIpc) is 2.55. The number of hydrogen-bond acceptors (Lipinski definition) is 4. The number of hydrogen-bond donors (Lipinski definition) is 1. The molecule has 2 amide bonds. The highest BCUT2D eigenvalue weighted by molar-refractivity contribution is 5.82. The Labute approximate surface area is 140 Å². The van der Waals surface area contributed by atoms with Gasteiger partial charge in [-0.15, -0.1) is 0 Å². The van der Waals surface area contributed by atoms with E-state index in [2.05, 4.69) is 5.32 Å². The lowest BCUT2D eigenvalue weighted by atomic mass is 9.96. The van der Waals surface area contributed by atoms with Gasteiger partial charge in [-0.05, 0) is 19.8 Å². The summed E-state index contributed by atoms with van der Waals surface area (Å²) < 4.78 is 42.5. The third-order valence-corrected chi connectivity index (χ3v) is 3.95. The van der Waals surface area contributed by atoms with E-state index < -0.39 is 24.5 Å². The maximum Gasteiger partial charge on any atom is 0.406 e. The molecule has 6 nitrogen and oxygen atoms in total. The van der Waals surface area contributed by atoms with E-state index in [-0.39, 0.29) is 25.5 Å². The summed E-state index contributed by atoms with van der Waals surface area (Å²) >= 11 is 0. The SMILES string of the molecule is CCN(CC(F)(F)F)C(=O)C1CCCN(C(=O)CNCCOC)C1. The van der Waals surface area contributed by atoms with Gasteiger partial charge < -0.3 is 19.9 Å². The van der Waals surface area contributed by atoms with Crippen molar-refractivity contribution >= 4 is 11.8 Å². The maximum absolute atomic E-state index is 12.6. The lowest BCUT2D eigenvalue weighted by Crippen LogP contribution is -2.50. The van der Waals surface area contributed by atoms with E-state index in [1.165, 1.54) is 6.92 Å². The number of methoxy groups -OCH3 is 1. The number of rotatable bonds is 8. The van der Waals surface area contributed by atoms with Crippen LogP contribution >= 0.6 is 0 Å². The van der Waals surface area contributed by atoms with Gasteiger partial charge in [0.05, 0.1) is 19.1 Å². The number of carbonyl (C=O) groups is 2. The van der Waals surface area contributed by atoms with Gasteiger partial charge in [-0.2, -0.15) is 13.2 Å². The molecule has 1 N–H and O–H groups in total.